The number of aromatic amines is 1. The molecule has 2 N–H and O–H groups in total. The van der Waals surface area contributed by atoms with Gasteiger partial charge >= 0.3 is 5.97 Å². The van der Waals surface area contributed by atoms with E-state index in [0.29, 0.717) is 29.5 Å². The molecule has 0 amide bonds. The first-order valence-electron chi connectivity index (χ1n) is 6.05. The van der Waals surface area contributed by atoms with Gasteiger partial charge < -0.3 is 10.1 Å². The van der Waals surface area contributed by atoms with Gasteiger partial charge in [-0.3, -0.25) is 9.59 Å². The number of H-pyrrole nitrogens is 1. The van der Waals surface area contributed by atoms with E-state index in [1.807, 2.05) is 18.2 Å². The summed E-state index contributed by atoms with van der Waals surface area (Å²) in [6.45, 7) is 0. The lowest BCUT2D eigenvalue weighted by molar-refractivity contribution is -0.139. The number of rotatable bonds is 1. The molecule has 0 radical (unpaired) electrons. The zero-order valence-electron chi connectivity index (χ0n) is 9.77. The third-order valence-electron chi connectivity index (χ3n) is 3.61. The first-order chi connectivity index (χ1) is 8.68. The van der Waals surface area contributed by atoms with E-state index in [0.717, 1.165) is 11.9 Å². The largest absolute Gasteiger partial charge is 0.481 e. The lowest BCUT2D eigenvalue weighted by Crippen LogP contribution is -2.25. The highest BCUT2D eigenvalue weighted by Crippen LogP contribution is 2.29. The first kappa shape index (κ1) is 11.0. The molecule has 0 saturated carbocycles. The second kappa shape index (κ2) is 3.98. The molecule has 1 heterocycles. The van der Waals surface area contributed by atoms with Gasteiger partial charge in [-0.25, -0.2) is 0 Å². The number of carboxylic acid groups (broad SMARTS) is 1. The molecule has 3 rings (SSSR count). The highest BCUT2D eigenvalue weighted by Gasteiger charge is 2.29. The summed E-state index contributed by atoms with van der Waals surface area (Å²) >= 11 is 0. The number of hydrogen-bond donors (Lipinski definition) is 2. The molecule has 0 saturated heterocycles. The fourth-order valence-corrected chi connectivity index (χ4v) is 2.72. The maximum Gasteiger partial charge on any atom is 0.312 e. The number of nitrogens with one attached hydrogen (secondary N) is 1. The third kappa shape index (κ3) is 1.53. The van der Waals surface area contributed by atoms with Crippen LogP contribution < -0.4 is 5.43 Å². The Labute approximate surface area is 103 Å². The first-order valence-corrected chi connectivity index (χ1v) is 6.05. The van der Waals surface area contributed by atoms with Crippen LogP contribution in [0.5, 0.6) is 0 Å². The van der Waals surface area contributed by atoms with Gasteiger partial charge in [0.1, 0.15) is 0 Å². The molecule has 4 heteroatoms. The summed E-state index contributed by atoms with van der Waals surface area (Å²) < 4.78 is 0. The molecular weight excluding hydrogens is 230 g/mol. The van der Waals surface area contributed by atoms with Crippen molar-refractivity contribution < 1.29 is 9.90 Å². The van der Waals surface area contributed by atoms with Gasteiger partial charge in [-0.1, -0.05) is 12.1 Å². The highest BCUT2D eigenvalue weighted by molar-refractivity contribution is 5.82. The molecule has 1 aromatic heterocycles. The minimum atomic E-state index is -0.859. The number of para-hydroxylation sites is 1. The fourth-order valence-electron chi connectivity index (χ4n) is 2.72. The molecule has 1 aliphatic rings. The van der Waals surface area contributed by atoms with Crippen LogP contribution in [0.3, 0.4) is 0 Å². The Bertz CT molecular complexity index is 687. The Morgan fingerprint density at radius 2 is 2.11 bits per heavy atom. The molecule has 18 heavy (non-hydrogen) atoms. The van der Waals surface area contributed by atoms with Crippen molar-refractivity contribution in [1.29, 1.82) is 0 Å². The number of aliphatic carboxylic acids is 1. The van der Waals surface area contributed by atoms with Gasteiger partial charge in [-0.05, 0) is 31.4 Å². The quantitative estimate of drug-likeness (QED) is 0.805. The van der Waals surface area contributed by atoms with E-state index in [2.05, 4.69) is 4.98 Å². The Morgan fingerprint density at radius 1 is 1.33 bits per heavy atom. The molecule has 92 valence electrons. The number of benzene rings is 1. The number of aromatic nitrogens is 1. The van der Waals surface area contributed by atoms with E-state index < -0.39 is 11.9 Å². The molecule has 0 fully saturated rings. The van der Waals surface area contributed by atoms with Gasteiger partial charge in [0.2, 0.25) is 0 Å². The molecule has 1 aliphatic carbocycles. The van der Waals surface area contributed by atoms with Crippen LogP contribution in [-0.4, -0.2) is 16.1 Å². The maximum absolute atomic E-state index is 12.3. The molecule has 0 aliphatic heterocycles. The van der Waals surface area contributed by atoms with E-state index >= 15 is 0 Å². The van der Waals surface area contributed by atoms with Gasteiger partial charge in [0.05, 0.1) is 5.92 Å². The van der Waals surface area contributed by atoms with Crippen molar-refractivity contribution >= 4 is 16.9 Å². The molecule has 1 unspecified atom stereocenters. The van der Waals surface area contributed by atoms with E-state index in [-0.39, 0.29) is 5.43 Å². The van der Waals surface area contributed by atoms with Crippen LogP contribution in [0, 0.1) is 0 Å². The van der Waals surface area contributed by atoms with Gasteiger partial charge in [0.15, 0.2) is 5.43 Å². The summed E-state index contributed by atoms with van der Waals surface area (Å²) in [4.78, 5) is 26.7. The second-order valence-corrected chi connectivity index (χ2v) is 4.67. The van der Waals surface area contributed by atoms with Crippen molar-refractivity contribution in [1.82, 2.24) is 4.98 Å². The lowest BCUT2D eigenvalue weighted by atomic mass is 9.85. The smallest absolute Gasteiger partial charge is 0.312 e. The summed E-state index contributed by atoms with van der Waals surface area (Å²) in [5, 5.41) is 9.87. The minimum absolute atomic E-state index is 0.0229. The maximum atomic E-state index is 12.3. The van der Waals surface area contributed by atoms with E-state index in [4.69, 9.17) is 0 Å². The Morgan fingerprint density at radius 3 is 2.89 bits per heavy atom. The zero-order chi connectivity index (χ0) is 12.7. The Kier molecular flexibility index (Phi) is 2.44. The zero-order valence-corrected chi connectivity index (χ0v) is 9.77. The average Bonchev–Trinajstić information content (AvgIpc) is 2.38. The molecule has 0 bridgehead atoms. The monoisotopic (exact) mass is 243 g/mol. The minimum Gasteiger partial charge on any atom is -0.481 e. The van der Waals surface area contributed by atoms with Gasteiger partial charge in [-0.2, -0.15) is 0 Å². The van der Waals surface area contributed by atoms with Crippen molar-refractivity contribution in [2.75, 3.05) is 0 Å². The predicted molar refractivity (Wildman–Crippen MR) is 67.9 cm³/mol. The third-order valence-corrected chi connectivity index (χ3v) is 3.61. The summed E-state index contributed by atoms with van der Waals surface area (Å²) in [5.74, 6) is -1.44. The van der Waals surface area contributed by atoms with Gasteiger partial charge in [0.25, 0.3) is 0 Å². The Hall–Kier alpha value is -2.10. The summed E-state index contributed by atoms with van der Waals surface area (Å²) in [6, 6.07) is 7.24. The molecule has 2 aromatic rings. The second-order valence-electron chi connectivity index (χ2n) is 4.67. The van der Waals surface area contributed by atoms with Crippen molar-refractivity contribution in [3.63, 3.8) is 0 Å². The number of carbonyl (C=O) groups is 1. The van der Waals surface area contributed by atoms with Crippen LogP contribution in [0.2, 0.25) is 0 Å². The lowest BCUT2D eigenvalue weighted by Gasteiger charge is -2.22. The topological polar surface area (TPSA) is 70.2 Å². The summed E-state index contributed by atoms with van der Waals surface area (Å²) in [7, 11) is 0. The van der Waals surface area contributed by atoms with Crippen LogP contribution in [0.25, 0.3) is 10.9 Å². The van der Waals surface area contributed by atoms with E-state index in [9.17, 15) is 14.7 Å². The van der Waals surface area contributed by atoms with Crippen LogP contribution in [-0.2, 0) is 11.2 Å². The number of hydrogen-bond acceptors (Lipinski definition) is 2. The average molecular weight is 243 g/mol. The number of fused-ring (bicyclic) bond motifs is 2. The molecule has 0 spiro atoms. The molecule has 4 nitrogen and oxygen atoms in total. The summed E-state index contributed by atoms with van der Waals surface area (Å²) in [6.07, 6.45) is 2.02. The molecule has 1 aromatic carbocycles. The number of carboxylic acids is 1. The fraction of sp³-hybridized carbons (Fsp3) is 0.286. The normalized spacial score (nSPS) is 18.6. The highest BCUT2D eigenvalue weighted by atomic mass is 16.4. The molecular formula is C14H13NO3. The molecule has 1 atom stereocenters. The SMILES string of the molecule is O=C(O)C1CCCc2c1[nH]c1ccccc1c2=O. The van der Waals surface area contributed by atoms with Crippen LogP contribution in [0.4, 0.5) is 0 Å². The standard InChI is InChI=1S/C14H13NO3/c16-13-8-4-1-2-7-11(8)15-12-9(13)5-3-6-10(12)14(17)18/h1-2,4,7,10H,3,5-6H2,(H,15,16)(H,17,18). The van der Waals surface area contributed by atoms with Crippen molar-refractivity contribution in [3.8, 4) is 0 Å². The van der Waals surface area contributed by atoms with Crippen molar-refractivity contribution in [2.24, 2.45) is 0 Å². The van der Waals surface area contributed by atoms with Crippen LogP contribution in [0.1, 0.15) is 30.0 Å². The van der Waals surface area contributed by atoms with Crippen molar-refractivity contribution in [2.45, 2.75) is 25.2 Å². The van der Waals surface area contributed by atoms with E-state index in [1.165, 1.54) is 0 Å². The summed E-state index contributed by atoms with van der Waals surface area (Å²) in [5.41, 5.74) is 1.93. The Balaban J connectivity index is 2.34. The van der Waals surface area contributed by atoms with E-state index in [1.54, 1.807) is 6.07 Å². The van der Waals surface area contributed by atoms with Crippen LogP contribution in [0.15, 0.2) is 29.1 Å². The van der Waals surface area contributed by atoms with Gasteiger partial charge in [0, 0.05) is 22.2 Å². The predicted octanol–water partition coefficient (Wildman–Crippen LogP) is 2.03. The van der Waals surface area contributed by atoms with Crippen LogP contribution >= 0.6 is 0 Å². The van der Waals surface area contributed by atoms with Crippen molar-refractivity contribution in [3.05, 3.63) is 45.7 Å². The van der Waals surface area contributed by atoms with Gasteiger partial charge in [-0.15, -0.1) is 0 Å². The number of pyridine rings is 1.